The highest BCUT2D eigenvalue weighted by atomic mass is 16.5. The maximum Gasteiger partial charge on any atom is 0.0666 e. The maximum atomic E-state index is 6.18. The molecule has 3 heteroatoms. The van der Waals surface area contributed by atoms with Gasteiger partial charge in [0, 0.05) is 30.8 Å². The Hall–Kier alpha value is -0.120. The van der Waals surface area contributed by atoms with Crippen LogP contribution in [-0.2, 0) is 4.74 Å². The second kappa shape index (κ2) is 4.77. The normalized spacial score (nSPS) is 49.5. The molecule has 0 radical (unpaired) electrons. The van der Waals surface area contributed by atoms with Crippen molar-refractivity contribution in [2.24, 2.45) is 5.73 Å². The summed E-state index contributed by atoms with van der Waals surface area (Å²) in [5, 5.41) is 0. The molecule has 0 aromatic rings. The Morgan fingerprint density at radius 2 is 1.83 bits per heavy atom. The summed E-state index contributed by atoms with van der Waals surface area (Å²) in [7, 11) is 0. The lowest BCUT2D eigenvalue weighted by Gasteiger charge is -2.48. The zero-order valence-corrected chi connectivity index (χ0v) is 11.9. The van der Waals surface area contributed by atoms with Crippen LogP contribution in [0.25, 0.3) is 0 Å². The van der Waals surface area contributed by atoms with E-state index in [-0.39, 0.29) is 5.60 Å². The van der Waals surface area contributed by atoms with Gasteiger partial charge in [-0.2, -0.15) is 0 Å². The van der Waals surface area contributed by atoms with Crippen LogP contribution in [0.5, 0.6) is 0 Å². The first-order valence-corrected chi connectivity index (χ1v) is 7.78. The third-order valence-corrected chi connectivity index (χ3v) is 5.56. The topological polar surface area (TPSA) is 38.5 Å². The molecule has 4 unspecified atom stereocenters. The first-order chi connectivity index (χ1) is 8.61. The highest BCUT2D eigenvalue weighted by Gasteiger charge is 2.45. The summed E-state index contributed by atoms with van der Waals surface area (Å²) in [6.07, 6.45) is 8.75. The molecule has 0 aromatic carbocycles. The standard InChI is InChI=1S/C15H28N2O/c1-3-15(2)10-14(6-7-18-15)17-12-4-5-13(17)9-11(16)8-12/h11-14H,3-10,16H2,1-2H3. The molecule has 3 fully saturated rings. The molecule has 104 valence electrons. The van der Waals surface area contributed by atoms with Crippen LogP contribution in [0, 0.1) is 0 Å². The number of rotatable bonds is 2. The minimum absolute atomic E-state index is 0.113. The van der Waals surface area contributed by atoms with Crippen molar-refractivity contribution < 1.29 is 4.74 Å². The third kappa shape index (κ3) is 2.21. The lowest BCUT2D eigenvalue weighted by Crippen LogP contribution is -2.55. The molecule has 3 nitrogen and oxygen atoms in total. The zero-order valence-electron chi connectivity index (χ0n) is 11.9. The zero-order chi connectivity index (χ0) is 12.8. The smallest absolute Gasteiger partial charge is 0.0666 e. The average Bonchev–Trinajstić information content (AvgIpc) is 2.62. The third-order valence-electron chi connectivity index (χ3n) is 5.56. The van der Waals surface area contributed by atoms with Crippen molar-refractivity contribution in [3.05, 3.63) is 0 Å². The van der Waals surface area contributed by atoms with Gasteiger partial charge in [-0.05, 0) is 51.9 Å². The summed E-state index contributed by atoms with van der Waals surface area (Å²) in [5.41, 5.74) is 6.29. The van der Waals surface area contributed by atoms with E-state index in [9.17, 15) is 0 Å². The van der Waals surface area contributed by atoms with E-state index in [0.29, 0.717) is 6.04 Å². The van der Waals surface area contributed by atoms with E-state index in [1.165, 1.54) is 38.5 Å². The molecule has 3 rings (SSSR count). The van der Waals surface area contributed by atoms with Crippen LogP contribution in [-0.4, -0.2) is 41.3 Å². The molecule has 3 aliphatic rings. The van der Waals surface area contributed by atoms with E-state index in [1.54, 1.807) is 0 Å². The van der Waals surface area contributed by atoms with Gasteiger partial charge in [0.2, 0.25) is 0 Å². The predicted octanol–water partition coefficient (Wildman–Crippen LogP) is 2.29. The van der Waals surface area contributed by atoms with Crippen LogP contribution in [0.1, 0.15) is 58.8 Å². The molecule has 3 saturated heterocycles. The van der Waals surface area contributed by atoms with Crippen molar-refractivity contribution in [2.45, 2.75) is 88.6 Å². The van der Waals surface area contributed by atoms with Crippen LogP contribution in [0.4, 0.5) is 0 Å². The molecule has 4 atom stereocenters. The number of ether oxygens (including phenoxy) is 1. The van der Waals surface area contributed by atoms with Crippen LogP contribution in [0.15, 0.2) is 0 Å². The van der Waals surface area contributed by atoms with Crippen molar-refractivity contribution in [3.63, 3.8) is 0 Å². The summed E-state index contributed by atoms with van der Waals surface area (Å²) < 4.78 is 6.00. The number of nitrogens with two attached hydrogens (primary N) is 1. The minimum Gasteiger partial charge on any atom is -0.375 e. The molecule has 0 aromatic heterocycles. The molecular weight excluding hydrogens is 224 g/mol. The quantitative estimate of drug-likeness (QED) is 0.819. The fourth-order valence-electron chi connectivity index (χ4n) is 4.45. The summed E-state index contributed by atoms with van der Waals surface area (Å²) >= 11 is 0. The van der Waals surface area contributed by atoms with Gasteiger partial charge in [-0.1, -0.05) is 6.92 Å². The van der Waals surface area contributed by atoms with Gasteiger partial charge in [-0.25, -0.2) is 0 Å². The first-order valence-electron chi connectivity index (χ1n) is 7.78. The van der Waals surface area contributed by atoms with Gasteiger partial charge in [-0.15, -0.1) is 0 Å². The minimum atomic E-state index is 0.113. The molecule has 0 spiro atoms. The molecule has 2 N–H and O–H groups in total. The van der Waals surface area contributed by atoms with Gasteiger partial charge in [-0.3, -0.25) is 4.90 Å². The van der Waals surface area contributed by atoms with Crippen molar-refractivity contribution >= 4 is 0 Å². The molecular formula is C15H28N2O. The van der Waals surface area contributed by atoms with Crippen molar-refractivity contribution in [3.8, 4) is 0 Å². The maximum absolute atomic E-state index is 6.18. The number of piperidine rings is 1. The number of hydrogen-bond donors (Lipinski definition) is 1. The molecule has 0 amide bonds. The molecule has 2 bridgehead atoms. The Morgan fingerprint density at radius 3 is 2.44 bits per heavy atom. The average molecular weight is 252 g/mol. The first kappa shape index (κ1) is 12.9. The molecule has 0 saturated carbocycles. The van der Waals surface area contributed by atoms with Crippen LogP contribution in [0.2, 0.25) is 0 Å². The van der Waals surface area contributed by atoms with Gasteiger partial charge in [0.15, 0.2) is 0 Å². The number of hydrogen-bond acceptors (Lipinski definition) is 3. The van der Waals surface area contributed by atoms with E-state index in [0.717, 1.165) is 31.2 Å². The van der Waals surface area contributed by atoms with Crippen LogP contribution >= 0.6 is 0 Å². The van der Waals surface area contributed by atoms with Crippen molar-refractivity contribution in [2.75, 3.05) is 6.61 Å². The van der Waals surface area contributed by atoms with E-state index in [2.05, 4.69) is 18.7 Å². The lowest BCUT2D eigenvalue weighted by atomic mass is 9.86. The van der Waals surface area contributed by atoms with E-state index >= 15 is 0 Å². The van der Waals surface area contributed by atoms with Gasteiger partial charge in [0.25, 0.3) is 0 Å². The second-order valence-corrected chi connectivity index (χ2v) is 6.86. The lowest BCUT2D eigenvalue weighted by molar-refractivity contribution is -0.107. The van der Waals surface area contributed by atoms with Crippen molar-refractivity contribution in [1.29, 1.82) is 0 Å². The predicted molar refractivity (Wildman–Crippen MR) is 73.5 cm³/mol. The van der Waals surface area contributed by atoms with Crippen LogP contribution in [0.3, 0.4) is 0 Å². The van der Waals surface area contributed by atoms with E-state index in [4.69, 9.17) is 10.5 Å². The second-order valence-electron chi connectivity index (χ2n) is 6.86. The Morgan fingerprint density at radius 1 is 1.17 bits per heavy atom. The molecule has 0 aliphatic carbocycles. The largest absolute Gasteiger partial charge is 0.375 e. The van der Waals surface area contributed by atoms with Gasteiger partial charge in [0.05, 0.1) is 5.60 Å². The van der Waals surface area contributed by atoms with Gasteiger partial charge < -0.3 is 10.5 Å². The highest BCUT2D eigenvalue weighted by Crippen LogP contribution is 2.41. The summed E-state index contributed by atoms with van der Waals surface area (Å²) in [6.45, 7) is 5.48. The van der Waals surface area contributed by atoms with E-state index in [1.807, 2.05) is 0 Å². The summed E-state index contributed by atoms with van der Waals surface area (Å²) in [5.74, 6) is 0. The summed E-state index contributed by atoms with van der Waals surface area (Å²) in [4.78, 5) is 2.83. The molecule has 3 aliphatic heterocycles. The number of nitrogens with zero attached hydrogens (tertiary/aromatic N) is 1. The van der Waals surface area contributed by atoms with Crippen molar-refractivity contribution in [1.82, 2.24) is 4.90 Å². The fraction of sp³-hybridized carbons (Fsp3) is 1.00. The number of fused-ring (bicyclic) bond motifs is 2. The monoisotopic (exact) mass is 252 g/mol. The Bertz CT molecular complexity index is 295. The van der Waals surface area contributed by atoms with E-state index < -0.39 is 0 Å². The Labute approximate surface area is 111 Å². The van der Waals surface area contributed by atoms with Gasteiger partial charge >= 0.3 is 0 Å². The highest BCUT2D eigenvalue weighted by molar-refractivity contribution is 5.01. The molecule has 18 heavy (non-hydrogen) atoms. The fourth-order valence-corrected chi connectivity index (χ4v) is 4.45. The Balaban J connectivity index is 1.71. The Kier molecular flexibility index (Phi) is 3.41. The van der Waals surface area contributed by atoms with Gasteiger partial charge in [0.1, 0.15) is 0 Å². The SMILES string of the molecule is CCC1(C)CC(N2C3CCC2CC(N)C3)CCO1. The molecule has 3 heterocycles. The van der Waals surface area contributed by atoms with Crippen LogP contribution < -0.4 is 5.73 Å². The summed E-state index contributed by atoms with van der Waals surface area (Å²) in [6, 6.07) is 2.73.